The van der Waals surface area contributed by atoms with Gasteiger partial charge in [0.05, 0.1) is 11.9 Å². The average molecular weight is 522 g/mol. The molecule has 0 bridgehead atoms. The van der Waals surface area contributed by atoms with Crippen LogP contribution in [0.15, 0.2) is 48.5 Å². The molecule has 1 atom stereocenters. The molecule has 0 saturated heterocycles. The summed E-state index contributed by atoms with van der Waals surface area (Å²) in [5.74, 6) is -0.522. The number of para-hydroxylation sites is 1. The highest BCUT2D eigenvalue weighted by Crippen LogP contribution is 2.29. The molecule has 192 valence electrons. The maximum absolute atomic E-state index is 13.7. The van der Waals surface area contributed by atoms with E-state index in [1.54, 1.807) is 43.3 Å². The molecule has 0 fully saturated rings. The lowest BCUT2D eigenvalue weighted by molar-refractivity contribution is -0.139. The topological polar surface area (TPSA) is 86.8 Å². The Labute approximate surface area is 214 Å². The third kappa shape index (κ3) is 7.97. The van der Waals surface area contributed by atoms with Crippen molar-refractivity contribution < 1.29 is 18.0 Å². The maximum Gasteiger partial charge on any atom is 0.244 e. The monoisotopic (exact) mass is 521 g/mol. The minimum Gasteiger partial charge on any atom is -0.354 e. The molecule has 0 radical (unpaired) electrons. The fourth-order valence-electron chi connectivity index (χ4n) is 3.64. The fourth-order valence-corrected chi connectivity index (χ4v) is 4.71. The molecular formula is C26H36ClN3O4S. The number of nitrogens with zero attached hydrogens (tertiary/aromatic N) is 2. The minimum absolute atomic E-state index is 0.0468. The van der Waals surface area contributed by atoms with Crippen LogP contribution in [-0.2, 0) is 26.2 Å². The van der Waals surface area contributed by atoms with Crippen LogP contribution in [-0.4, -0.2) is 50.5 Å². The van der Waals surface area contributed by atoms with Crippen molar-refractivity contribution in [3.8, 4) is 0 Å². The summed E-state index contributed by atoms with van der Waals surface area (Å²) in [6.07, 6.45) is 1.08. The Morgan fingerprint density at radius 3 is 2.14 bits per heavy atom. The normalized spacial score (nSPS) is 12.5. The predicted octanol–water partition coefficient (Wildman–Crippen LogP) is 4.42. The first kappa shape index (κ1) is 28.7. The zero-order valence-electron chi connectivity index (χ0n) is 21.3. The van der Waals surface area contributed by atoms with E-state index in [1.807, 2.05) is 39.8 Å². The van der Waals surface area contributed by atoms with Crippen molar-refractivity contribution in [3.05, 3.63) is 64.7 Å². The second kappa shape index (κ2) is 12.4. The summed E-state index contributed by atoms with van der Waals surface area (Å²) in [6.45, 7) is 9.62. The number of rotatable bonds is 11. The van der Waals surface area contributed by atoms with Crippen LogP contribution in [0, 0.1) is 5.92 Å². The number of hydrogen-bond donors (Lipinski definition) is 1. The Morgan fingerprint density at radius 2 is 1.57 bits per heavy atom. The summed E-state index contributed by atoms with van der Waals surface area (Å²) < 4.78 is 26.7. The fraction of sp³-hybridized carbons (Fsp3) is 0.462. The van der Waals surface area contributed by atoms with Gasteiger partial charge in [0.2, 0.25) is 21.8 Å². The zero-order valence-corrected chi connectivity index (χ0v) is 22.9. The van der Waals surface area contributed by atoms with Gasteiger partial charge in [0.25, 0.3) is 0 Å². The number of nitrogens with one attached hydrogen (secondary N) is 1. The van der Waals surface area contributed by atoms with Crippen molar-refractivity contribution in [1.82, 2.24) is 10.2 Å². The first-order chi connectivity index (χ1) is 16.3. The van der Waals surface area contributed by atoms with Crippen LogP contribution in [0.1, 0.15) is 51.7 Å². The molecule has 7 nitrogen and oxygen atoms in total. The van der Waals surface area contributed by atoms with Gasteiger partial charge < -0.3 is 10.2 Å². The molecular weight excluding hydrogens is 486 g/mol. The number of hydrogen-bond acceptors (Lipinski definition) is 4. The molecule has 0 aliphatic rings. The predicted molar refractivity (Wildman–Crippen MR) is 142 cm³/mol. The van der Waals surface area contributed by atoms with Crippen LogP contribution < -0.4 is 9.62 Å². The number of anilines is 1. The molecule has 0 spiro atoms. The summed E-state index contributed by atoms with van der Waals surface area (Å²) in [6, 6.07) is 13.4. The molecule has 35 heavy (non-hydrogen) atoms. The summed E-state index contributed by atoms with van der Waals surface area (Å²) in [7, 11) is -3.79. The molecule has 0 saturated carbocycles. The van der Waals surface area contributed by atoms with Gasteiger partial charge in [-0.15, -0.1) is 0 Å². The van der Waals surface area contributed by atoms with Crippen molar-refractivity contribution in [2.24, 2.45) is 5.92 Å². The van der Waals surface area contributed by atoms with Gasteiger partial charge in [0.1, 0.15) is 12.6 Å². The third-order valence-electron chi connectivity index (χ3n) is 5.66. The first-order valence-corrected chi connectivity index (χ1v) is 13.9. The average Bonchev–Trinajstić information content (AvgIpc) is 2.79. The first-order valence-electron chi connectivity index (χ1n) is 11.7. The lowest BCUT2D eigenvalue weighted by atomic mass is 10.0. The van der Waals surface area contributed by atoms with Crippen molar-refractivity contribution >= 4 is 39.1 Å². The van der Waals surface area contributed by atoms with E-state index in [1.165, 1.54) is 4.90 Å². The number of carbonyl (C=O) groups is 2. The molecule has 2 rings (SSSR count). The lowest BCUT2D eigenvalue weighted by Gasteiger charge is -2.32. The summed E-state index contributed by atoms with van der Waals surface area (Å²) in [4.78, 5) is 27.9. The number of amides is 2. The van der Waals surface area contributed by atoms with E-state index in [0.717, 1.165) is 16.1 Å². The molecule has 2 aromatic carbocycles. The summed E-state index contributed by atoms with van der Waals surface area (Å²) in [5.41, 5.74) is 1.93. The highest BCUT2D eigenvalue weighted by Gasteiger charge is 2.31. The molecule has 0 heterocycles. The Morgan fingerprint density at radius 1 is 0.971 bits per heavy atom. The van der Waals surface area contributed by atoms with Gasteiger partial charge in [-0.3, -0.25) is 13.9 Å². The highest BCUT2D eigenvalue weighted by atomic mass is 35.5. The van der Waals surface area contributed by atoms with Gasteiger partial charge >= 0.3 is 0 Å². The molecule has 2 amide bonds. The molecule has 0 aliphatic carbocycles. The van der Waals surface area contributed by atoms with Gasteiger partial charge in [-0.25, -0.2) is 8.42 Å². The number of sulfonamides is 1. The lowest BCUT2D eigenvalue weighted by Crippen LogP contribution is -2.51. The quantitative estimate of drug-likeness (QED) is 0.474. The van der Waals surface area contributed by atoms with E-state index in [0.29, 0.717) is 22.8 Å². The number of halogens is 1. The molecule has 1 N–H and O–H groups in total. The summed E-state index contributed by atoms with van der Waals surface area (Å²) >= 11 is 6.34. The van der Waals surface area contributed by atoms with Gasteiger partial charge in [-0.2, -0.15) is 0 Å². The molecule has 0 unspecified atom stereocenters. The molecule has 0 aromatic heterocycles. The molecule has 2 aromatic rings. The van der Waals surface area contributed by atoms with E-state index in [-0.39, 0.29) is 24.3 Å². The molecule has 9 heteroatoms. The highest BCUT2D eigenvalue weighted by molar-refractivity contribution is 7.92. The van der Waals surface area contributed by atoms with E-state index in [2.05, 4.69) is 5.32 Å². The van der Waals surface area contributed by atoms with Crippen LogP contribution in [0.25, 0.3) is 0 Å². The maximum atomic E-state index is 13.7. The number of carbonyl (C=O) groups excluding carboxylic acids is 2. The van der Waals surface area contributed by atoms with E-state index < -0.39 is 28.5 Å². The zero-order chi connectivity index (χ0) is 26.3. The van der Waals surface area contributed by atoms with Gasteiger partial charge in [-0.1, -0.05) is 75.7 Å². The van der Waals surface area contributed by atoms with E-state index in [9.17, 15) is 18.0 Å². The molecule has 0 aliphatic heterocycles. The Balaban J connectivity index is 2.45. The second-order valence-corrected chi connectivity index (χ2v) is 11.7. The van der Waals surface area contributed by atoms with Gasteiger partial charge in [0.15, 0.2) is 0 Å². The Kier molecular flexibility index (Phi) is 10.2. The van der Waals surface area contributed by atoms with Crippen molar-refractivity contribution in [1.29, 1.82) is 0 Å². The van der Waals surface area contributed by atoms with Crippen LogP contribution in [0.3, 0.4) is 0 Å². The standard InChI is InChI=1S/C26H36ClN3O4S/c1-18(2)15-28-26(32)20(5)29(16-21-11-7-9-13-23(21)27)25(31)17-30(35(6,33)34)24-14-10-8-12-22(24)19(3)4/h7-14,18-20H,15-17H2,1-6H3,(H,28,32)/t20-/m0/s1. The van der Waals surface area contributed by atoms with Gasteiger partial charge in [0, 0.05) is 18.1 Å². The summed E-state index contributed by atoms with van der Waals surface area (Å²) in [5, 5.41) is 3.32. The van der Waals surface area contributed by atoms with Crippen molar-refractivity contribution in [3.63, 3.8) is 0 Å². The minimum atomic E-state index is -3.79. The van der Waals surface area contributed by atoms with Crippen LogP contribution in [0.2, 0.25) is 5.02 Å². The number of benzene rings is 2. The largest absolute Gasteiger partial charge is 0.354 e. The van der Waals surface area contributed by atoms with Crippen molar-refractivity contribution in [2.75, 3.05) is 23.7 Å². The van der Waals surface area contributed by atoms with Crippen molar-refractivity contribution in [2.45, 2.75) is 53.1 Å². The van der Waals surface area contributed by atoms with Crippen LogP contribution in [0.5, 0.6) is 0 Å². The van der Waals surface area contributed by atoms with Crippen LogP contribution in [0.4, 0.5) is 5.69 Å². The Bertz CT molecular complexity index is 1130. The van der Waals surface area contributed by atoms with Crippen LogP contribution >= 0.6 is 11.6 Å². The van der Waals surface area contributed by atoms with Gasteiger partial charge in [-0.05, 0) is 42.0 Å². The van der Waals surface area contributed by atoms with E-state index in [4.69, 9.17) is 11.6 Å². The Hall–Kier alpha value is -2.58. The smallest absolute Gasteiger partial charge is 0.244 e. The van der Waals surface area contributed by atoms with E-state index >= 15 is 0 Å². The third-order valence-corrected chi connectivity index (χ3v) is 7.15. The SMILES string of the molecule is CC(C)CNC(=O)[C@H](C)N(Cc1ccccc1Cl)C(=O)CN(c1ccccc1C(C)C)S(C)(=O)=O. The second-order valence-electron chi connectivity index (χ2n) is 9.41.